The molecule has 2 heterocycles. The first-order chi connectivity index (χ1) is 12.1. The fourth-order valence-corrected chi connectivity index (χ4v) is 3.13. The Bertz CT molecular complexity index is 881. The molecule has 25 heavy (non-hydrogen) atoms. The van der Waals surface area contributed by atoms with E-state index in [1.807, 2.05) is 19.1 Å². The molecule has 2 aliphatic heterocycles. The Hall–Kier alpha value is -3.09. The maximum atomic E-state index is 14.1. The van der Waals surface area contributed by atoms with Crippen LogP contribution in [0.3, 0.4) is 0 Å². The van der Waals surface area contributed by atoms with Crippen LogP contribution in [0.4, 0.5) is 15.8 Å². The minimum atomic E-state index is -0.949. The molecular formula is C18H15FN4O2. The number of carbonyl (C=O) groups is 2. The Labute approximate surface area is 143 Å². The highest BCUT2D eigenvalue weighted by molar-refractivity contribution is 6.26. The standard InChI is InChI=1S/C18H15FN4O2/c1-2-11-7-9-12(10-8-11)22-17(24)15-16(18(22)25)23(21-20-15)14-6-4-3-5-13(14)19/h3-10,15-16H,2H2,1H3/t15-,16+/m1/s1. The van der Waals surface area contributed by atoms with Crippen molar-refractivity contribution in [2.45, 2.75) is 25.4 Å². The van der Waals surface area contributed by atoms with Gasteiger partial charge in [0.2, 0.25) is 0 Å². The summed E-state index contributed by atoms with van der Waals surface area (Å²) in [4.78, 5) is 26.6. The molecule has 2 atom stereocenters. The van der Waals surface area contributed by atoms with Gasteiger partial charge in [-0.3, -0.25) is 9.59 Å². The van der Waals surface area contributed by atoms with Crippen molar-refractivity contribution in [3.05, 3.63) is 59.9 Å². The summed E-state index contributed by atoms with van der Waals surface area (Å²) >= 11 is 0. The number of amides is 2. The van der Waals surface area contributed by atoms with E-state index >= 15 is 0 Å². The van der Waals surface area contributed by atoms with Gasteiger partial charge in [0, 0.05) is 0 Å². The number of halogens is 1. The minimum absolute atomic E-state index is 0.128. The monoisotopic (exact) mass is 338 g/mol. The number of hydrogen-bond acceptors (Lipinski definition) is 5. The van der Waals surface area contributed by atoms with Crippen LogP contribution in [0.25, 0.3) is 0 Å². The van der Waals surface area contributed by atoms with Crippen LogP contribution in [0.1, 0.15) is 12.5 Å². The summed E-state index contributed by atoms with van der Waals surface area (Å²) in [6.07, 6.45) is 0.864. The van der Waals surface area contributed by atoms with E-state index in [2.05, 4.69) is 10.3 Å². The largest absolute Gasteiger partial charge is 0.271 e. The molecule has 0 aromatic heterocycles. The van der Waals surface area contributed by atoms with Gasteiger partial charge in [-0.1, -0.05) is 36.4 Å². The lowest BCUT2D eigenvalue weighted by Gasteiger charge is -2.21. The SMILES string of the molecule is CCc1ccc(N2C(=O)[C@@H]3[C@@H](N=NN3c3ccccc3F)C2=O)cc1. The van der Waals surface area contributed by atoms with Crippen molar-refractivity contribution >= 4 is 23.2 Å². The average molecular weight is 338 g/mol. The Morgan fingerprint density at radius 3 is 2.44 bits per heavy atom. The predicted molar refractivity (Wildman–Crippen MR) is 89.6 cm³/mol. The quantitative estimate of drug-likeness (QED) is 0.808. The molecule has 0 aliphatic carbocycles. The Balaban J connectivity index is 1.69. The van der Waals surface area contributed by atoms with Gasteiger partial charge in [-0.15, -0.1) is 0 Å². The van der Waals surface area contributed by atoms with E-state index in [4.69, 9.17) is 0 Å². The van der Waals surface area contributed by atoms with E-state index in [0.717, 1.165) is 16.9 Å². The van der Waals surface area contributed by atoms with Gasteiger partial charge in [0.25, 0.3) is 11.8 Å². The van der Waals surface area contributed by atoms with Crippen LogP contribution in [-0.2, 0) is 16.0 Å². The number of imide groups is 1. The third-order valence-corrected chi connectivity index (χ3v) is 4.48. The number of nitrogens with zero attached hydrogens (tertiary/aromatic N) is 4. The summed E-state index contributed by atoms with van der Waals surface area (Å²) in [5.74, 6) is -1.41. The van der Waals surface area contributed by atoms with Crippen molar-refractivity contribution in [1.82, 2.24) is 0 Å². The lowest BCUT2D eigenvalue weighted by molar-refractivity contribution is -0.121. The molecule has 2 amide bonds. The zero-order valence-electron chi connectivity index (χ0n) is 13.5. The highest BCUT2D eigenvalue weighted by Crippen LogP contribution is 2.35. The number of carbonyl (C=O) groups excluding carboxylic acids is 2. The third-order valence-electron chi connectivity index (χ3n) is 4.48. The van der Waals surface area contributed by atoms with Gasteiger partial charge >= 0.3 is 0 Å². The smallest absolute Gasteiger partial charge is 0.263 e. The fourth-order valence-electron chi connectivity index (χ4n) is 3.13. The molecular weight excluding hydrogens is 323 g/mol. The maximum absolute atomic E-state index is 14.1. The van der Waals surface area contributed by atoms with Crippen LogP contribution in [0.5, 0.6) is 0 Å². The van der Waals surface area contributed by atoms with Crippen molar-refractivity contribution in [1.29, 1.82) is 0 Å². The first kappa shape index (κ1) is 15.4. The van der Waals surface area contributed by atoms with Crippen molar-refractivity contribution in [3.63, 3.8) is 0 Å². The molecule has 0 bridgehead atoms. The van der Waals surface area contributed by atoms with E-state index in [9.17, 15) is 14.0 Å². The number of para-hydroxylation sites is 1. The van der Waals surface area contributed by atoms with Gasteiger partial charge < -0.3 is 0 Å². The zero-order valence-corrected chi connectivity index (χ0v) is 13.5. The van der Waals surface area contributed by atoms with Gasteiger partial charge in [0.15, 0.2) is 12.1 Å². The van der Waals surface area contributed by atoms with E-state index in [1.54, 1.807) is 24.3 Å². The summed E-state index contributed by atoms with van der Waals surface area (Å²) < 4.78 is 14.1. The second kappa shape index (κ2) is 5.77. The van der Waals surface area contributed by atoms with Crippen molar-refractivity contribution in [2.24, 2.45) is 10.3 Å². The number of fused-ring (bicyclic) bond motifs is 1. The molecule has 6 nitrogen and oxygen atoms in total. The van der Waals surface area contributed by atoms with E-state index < -0.39 is 29.7 Å². The molecule has 2 aliphatic rings. The normalized spacial score (nSPS) is 22.0. The number of rotatable bonds is 3. The lowest BCUT2D eigenvalue weighted by Crippen LogP contribution is -2.40. The molecule has 1 saturated heterocycles. The summed E-state index contributed by atoms with van der Waals surface area (Å²) in [6.45, 7) is 2.03. The van der Waals surface area contributed by atoms with Crippen LogP contribution in [-0.4, -0.2) is 23.9 Å². The summed E-state index contributed by atoms with van der Waals surface area (Å²) in [5, 5.41) is 8.96. The van der Waals surface area contributed by atoms with E-state index in [-0.39, 0.29) is 5.69 Å². The molecule has 0 radical (unpaired) electrons. The molecule has 0 spiro atoms. The van der Waals surface area contributed by atoms with Crippen LogP contribution in [0, 0.1) is 5.82 Å². The molecule has 0 unspecified atom stereocenters. The number of anilines is 2. The molecule has 0 saturated carbocycles. The maximum Gasteiger partial charge on any atom is 0.263 e. The van der Waals surface area contributed by atoms with Gasteiger partial charge in [0.05, 0.1) is 11.4 Å². The lowest BCUT2D eigenvalue weighted by atomic mass is 10.1. The molecule has 2 aromatic rings. The molecule has 4 rings (SSSR count). The van der Waals surface area contributed by atoms with Crippen LogP contribution < -0.4 is 9.91 Å². The summed E-state index contributed by atoms with van der Waals surface area (Å²) in [7, 11) is 0. The molecule has 126 valence electrons. The molecule has 2 aromatic carbocycles. The Morgan fingerprint density at radius 1 is 1.04 bits per heavy atom. The zero-order chi connectivity index (χ0) is 17.6. The predicted octanol–water partition coefficient (Wildman–Crippen LogP) is 2.89. The van der Waals surface area contributed by atoms with Gasteiger partial charge in [-0.05, 0) is 36.2 Å². The summed E-state index contributed by atoms with van der Waals surface area (Å²) in [6, 6.07) is 11.3. The highest BCUT2D eigenvalue weighted by Gasteiger charge is 2.55. The summed E-state index contributed by atoms with van der Waals surface area (Å²) in [5.41, 5.74) is 1.73. The topological polar surface area (TPSA) is 65.3 Å². The van der Waals surface area contributed by atoms with Gasteiger partial charge in [-0.25, -0.2) is 14.3 Å². The van der Waals surface area contributed by atoms with Crippen LogP contribution in [0.15, 0.2) is 58.9 Å². The van der Waals surface area contributed by atoms with Crippen molar-refractivity contribution in [3.8, 4) is 0 Å². The first-order valence-corrected chi connectivity index (χ1v) is 8.03. The van der Waals surface area contributed by atoms with Gasteiger partial charge in [-0.2, -0.15) is 5.11 Å². The van der Waals surface area contributed by atoms with Gasteiger partial charge in [0.1, 0.15) is 5.82 Å². The van der Waals surface area contributed by atoms with E-state index in [1.165, 1.54) is 17.1 Å². The molecule has 1 fully saturated rings. The first-order valence-electron chi connectivity index (χ1n) is 8.03. The second-order valence-corrected chi connectivity index (χ2v) is 5.92. The highest BCUT2D eigenvalue weighted by atomic mass is 19.1. The van der Waals surface area contributed by atoms with Crippen LogP contribution >= 0.6 is 0 Å². The third kappa shape index (κ3) is 2.31. The average Bonchev–Trinajstić information content (AvgIpc) is 3.16. The Morgan fingerprint density at radius 2 is 1.76 bits per heavy atom. The minimum Gasteiger partial charge on any atom is -0.271 e. The molecule has 0 N–H and O–H groups in total. The number of hydrogen-bond donors (Lipinski definition) is 0. The number of benzene rings is 2. The Kier molecular flexibility index (Phi) is 3.56. The van der Waals surface area contributed by atoms with Crippen molar-refractivity contribution in [2.75, 3.05) is 9.91 Å². The van der Waals surface area contributed by atoms with Crippen LogP contribution in [0.2, 0.25) is 0 Å². The fraction of sp³-hybridized carbons (Fsp3) is 0.222. The van der Waals surface area contributed by atoms with E-state index in [0.29, 0.717) is 5.69 Å². The number of aryl methyl sites for hydroxylation is 1. The van der Waals surface area contributed by atoms with Crippen molar-refractivity contribution < 1.29 is 14.0 Å². The second-order valence-electron chi connectivity index (χ2n) is 5.92. The molecule has 7 heteroatoms.